The molecule has 0 aliphatic heterocycles. The predicted molar refractivity (Wildman–Crippen MR) is 35.7 cm³/mol. The van der Waals surface area contributed by atoms with Crippen LogP contribution in [0.15, 0.2) is 0 Å². The summed E-state index contributed by atoms with van der Waals surface area (Å²) < 4.78 is 0. The Morgan fingerprint density at radius 1 is 1.67 bits per heavy atom. The van der Waals surface area contributed by atoms with Crippen molar-refractivity contribution in [1.82, 2.24) is 0 Å². The van der Waals surface area contributed by atoms with Crippen LogP contribution in [0.25, 0.3) is 0 Å². The fourth-order valence-electron chi connectivity index (χ4n) is 0.621. The molecule has 0 aliphatic rings. The highest BCUT2D eigenvalue weighted by Crippen LogP contribution is 2.05. The van der Waals surface area contributed by atoms with Crippen molar-refractivity contribution >= 4 is 0 Å². The Hall–Kier alpha value is -0.550. The van der Waals surface area contributed by atoms with Gasteiger partial charge in [0.15, 0.2) is 0 Å². The summed E-state index contributed by atoms with van der Waals surface area (Å²) in [6.45, 7) is 2.23. The molecule has 9 heavy (non-hydrogen) atoms. The Balaban J connectivity index is 2.99. The van der Waals surface area contributed by atoms with Gasteiger partial charge in [-0.2, -0.15) is 5.26 Å². The molecule has 0 aliphatic carbocycles. The lowest BCUT2D eigenvalue weighted by molar-refractivity contribution is 0.228. The minimum atomic E-state index is 0.241. The zero-order valence-corrected chi connectivity index (χ0v) is 5.80. The molecular formula is C7H13NO. The summed E-state index contributed by atoms with van der Waals surface area (Å²) in [6.07, 6.45) is 2.49. The molecule has 1 atom stereocenters. The van der Waals surface area contributed by atoms with Crippen LogP contribution in [-0.2, 0) is 0 Å². The van der Waals surface area contributed by atoms with E-state index >= 15 is 0 Å². The van der Waals surface area contributed by atoms with Gasteiger partial charge in [-0.25, -0.2) is 0 Å². The molecule has 0 bridgehead atoms. The topological polar surface area (TPSA) is 44.0 Å². The van der Waals surface area contributed by atoms with E-state index in [9.17, 15) is 0 Å². The number of rotatable bonds is 4. The summed E-state index contributed by atoms with van der Waals surface area (Å²) in [5.41, 5.74) is 0. The second-order valence-electron chi connectivity index (χ2n) is 2.34. The Morgan fingerprint density at radius 3 is 2.78 bits per heavy atom. The average molecular weight is 127 g/mol. The molecule has 0 fully saturated rings. The average Bonchev–Trinajstić information content (AvgIpc) is 1.89. The van der Waals surface area contributed by atoms with Crippen LogP contribution in [0.1, 0.15) is 26.2 Å². The van der Waals surface area contributed by atoms with Gasteiger partial charge in [0.1, 0.15) is 0 Å². The Morgan fingerprint density at radius 2 is 2.33 bits per heavy atom. The quantitative estimate of drug-likeness (QED) is 0.578. The van der Waals surface area contributed by atoms with Crippen LogP contribution in [0.2, 0.25) is 0 Å². The minimum Gasteiger partial charge on any atom is -0.396 e. The predicted octanol–water partition coefficient (Wildman–Crippen LogP) is 1.31. The summed E-state index contributed by atoms with van der Waals surface area (Å²) in [6, 6.07) is 2.07. The number of nitrogens with zero attached hydrogens (tertiary/aromatic N) is 1. The molecule has 1 N–H and O–H groups in total. The molecule has 0 rings (SSSR count). The van der Waals surface area contributed by atoms with E-state index in [-0.39, 0.29) is 6.61 Å². The van der Waals surface area contributed by atoms with E-state index in [1.807, 2.05) is 6.92 Å². The molecule has 0 saturated carbocycles. The third-order valence-electron chi connectivity index (χ3n) is 1.30. The largest absolute Gasteiger partial charge is 0.396 e. The van der Waals surface area contributed by atoms with Crippen LogP contribution < -0.4 is 0 Å². The number of hydrogen-bond acceptors (Lipinski definition) is 2. The molecule has 2 heteroatoms. The van der Waals surface area contributed by atoms with Gasteiger partial charge < -0.3 is 5.11 Å². The highest BCUT2D eigenvalue weighted by atomic mass is 16.3. The molecule has 0 spiro atoms. The molecule has 0 aromatic rings. The molecule has 0 aromatic heterocycles. The maximum Gasteiger partial charge on any atom is 0.0621 e. The van der Waals surface area contributed by atoms with Gasteiger partial charge >= 0.3 is 0 Å². The standard InChI is InChI=1S/C7H13NO/c1-7(6-9)4-2-3-5-8/h7,9H,2-4,6H2,1H3. The van der Waals surface area contributed by atoms with Crippen molar-refractivity contribution in [3.8, 4) is 6.07 Å². The Bertz CT molecular complexity index is 95.6. The van der Waals surface area contributed by atoms with E-state index < -0.39 is 0 Å². The zero-order chi connectivity index (χ0) is 7.11. The van der Waals surface area contributed by atoms with Crippen LogP contribution in [0.3, 0.4) is 0 Å². The third-order valence-corrected chi connectivity index (χ3v) is 1.30. The van der Waals surface area contributed by atoms with Gasteiger partial charge in [0, 0.05) is 13.0 Å². The maximum absolute atomic E-state index is 8.55. The van der Waals surface area contributed by atoms with Gasteiger partial charge in [0.05, 0.1) is 6.07 Å². The van der Waals surface area contributed by atoms with Crippen molar-refractivity contribution in [3.63, 3.8) is 0 Å². The molecule has 0 heterocycles. The van der Waals surface area contributed by atoms with E-state index in [1.54, 1.807) is 0 Å². The fraction of sp³-hybridized carbons (Fsp3) is 0.857. The molecule has 2 nitrogen and oxygen atoms in total. The van der Waals surface area contributed by atoms with E-state index in [2.05, 4.69) is 6.07 Å². The van der Waals surface area contributed by atoms with Gasteiger partial charge in [-0.3, -0.25) is 0 Å². The molecule has 52 valence electrons. The zero-order valence-electron chi connectivity index (χ0n) is 5.80. The summed E-state index contributed by atoms with van der Waals surface area (Å²) >= 11 is 0. The van der Waals surface area contributed by atoms with E-state index in [0.717, 1.165) is 12.8 Å². The summed E-state index contributed by atoms with van der Waals surface area (Å²) in [5, 5.41) is 16.7. The highest BCUT2D eigenvalue weighted by molar-refractivity contribution is 4.68. The van der Waals surface area contributed by atoms with Gasteiger partial charge in [-0.1, -0.05) is 6.92 Å². The Kier molecular flexibility index (Phi) is 5.24. The first-order chi connectivity index (χ1) is 4.31. The molecular weight excluding hydrogens is 114 g/mol. The summed E-state index contributed by atoms with van der Waals surface area (Å²) in [5.74, 6) is 0.360. The number of nitriles is 1. The fourth-order valence-corrected chi connectivity index (χ4v) is 0.621. The van der Waals surface area contributed by atoms with Crippen molar-refractivity contribution in [2.75, 3.05) is 6.61 Å². The SMILES string of the molecule is CC(CO)CCCC#N. The van der Waals surface area contributed by atoms with Crippen molar-refractivity contribution in [2.45, 2.75) is 26.2 Å². The lowest BCUT2D eigenvalue weighted by Gasteiger charge is -2.03. The van der Waals surface area contributed by atoms with E-state index in [1.165, 1.54) is 0 Å². The van der Waals surface area contributed by atoms with E-state index in [4.69, 9.17) is 10.4 Å². The van der Waals surface area contributed by atoms with Crippen LogP contribution in [0.5, 0.6) is 0 Å². The van der Waals surface area contributed by atoms with Gasteiger partial charge in [0.2, 0.25) is 0 Å². The van der Waals surface area contributed by atoms with E-state index in [0.29, 0.717) is 12.3 Å². The summed E-state index contributed by atoms with van der Waals surface area (Å²) in [4.78, 5) is 0. The molecule has 1 unspecified atom stereocenters. The smallest absolute Gasteiger partial charge is 0.0621 e. The Labute approximate surface area is 56.1 Å². The normalized spacial score (nSPS) is 12.6. The molecule has 0 saturated heterocycles. The van der Waals surface area contributed by atoms with Crippen molar-refractivity contribution in [3.05, 3.63) is 0 Å². The van der Waals surface area contributed by atoms with Crippen LogP contribution in [0, 0.1) is 17.2 Å². The molecule has 0 aromatic carbocycles. The number of aliphatic hydroxyl groups excluding tert-OH is 1. The second kappa shape index (κ2) is 5.58. The van der Waals surface area contributed by atoms with Crippen LogP contribution in [0.4, 0.5) is 0 Å². The van der Waals surface area contributed by atoms with Crippen LogP contribution >= 0.6 is 0 Å². The first-order valence-electron chi connectivity index (χ1n) is 3.29. The van der Waals surface area contributed by atoms with Gasteiger partial charge in [0.25, 0.3) is 0 Å². The molecule has 0 radical (unpaired) electrons. The monoisotopic (exact) mass is 127 g/mol. The van der Waals surface area contributed by atoms with Gasteiger partial charge in [-0.15, -0.1) is 0 Å². The minimum absolute atomic E-state index is 0.241. The maximum atomic E-state index is 8.55. The lowest BCUT2D eigenvalue weighted by atomic mass is 10.1. The van der Waals surface area contributed by atoms with Gasteiger partial charge in [-0.05, 0) is 18.8 Å². The number of unbranched alkanes of at least 4 members (excludes halogenated alkanes) is 1. The second-order valence-corrected chi connectivity index (χ2v) is 2.34. The summed E-state index contributed by atoms with van der Waals surface area (Å²) in [7, 11) is 0. The number of hydrogen-bond donors (Lipinski definition) is 1. The first kappa shape index (κ1) is 8.45. The first-order valence-corrected chi connectivity index (χ1v) is 3.29. The van der Waals surface area contributed by atoms with Crippen molar-refractivity contribution < 1.29 is 5.11 Å². The van der Waals surface area contributed by atoms with Crippen LogP contribution in [-0.4, -0.2) is 11.7 Å². The third kappa shape index (κ3) is 5.32. The number of aliphatic hydroxyl groups is 1. The highest BCUT2D eigenvalue weighted by Gasteiger charge is 1.97. The molecule has 0 amide bonds. The van der Waals surface area contributed by atoms with Crippen molar-refractivity contribution in [2.24, 2.45) is 5.92 Å². The lowest BCUT2D eigenvalue weighted by Crippen LogP contribution is -1.99. The van der Waals surface area contributed by atoms with Crippen molar-refractivity contribution in [1.29, 1.82) is 5.26 Å².